The van der Waals surface area contributed by atoms with Crippen molar-refractivity contribution in [3.05, 3.63) is 29.8 Å². The van der Waals surface area contributed by atoms with Gasteiger partial charge in [0.05, 0.1) is 12.5 Å². The first-order valence-corrected chi connectivity index (χ1v) is 10.3. The van der Waals surface area contributed by atoms with Crippen LogP contribution < -0.4 is 15.5 Å². The van der Waals surface area contributed by atoms with Crippen LogP contribution >= 0.6 is 0 Å². The Morgan fingerprint density at radius 2 is 1.87 bits per heavy atom. The van der Waals surface area contributed by atoms with Gasteiger partial charge in [0.25, 0.3) is 5.91 Å². The van der Waals surface area contributed by atoms with E-state index in [1.54, 1.807) is 4.90 Å². The summed E-state index contributed by atoms with van der Waals surface area (Å²) in [6.45, 7) is 7.38. The van der Waals surface area contributed by atoms with Gasteiger partial charge < -0.3 is 20.3 Å². The molecule has 0 spiro atoms. The fraction of sp³-hybridized carbons (Fsp3) is 0.545. The Labute approximate surface area is 177 Å². The minimum Gasteiger partial charge on any atom is -0.455 e. The number of carbonyl (C=O) groups is 4. The third-order valence-electron chi connectivity index (χ3n) is 5.07. The molecule has 0 aromatic heterocycles. The van der Waals surface area contributed by atoms with Crippen LogP contribution in [0.3, 0.4) is 0 Å². The van der Waals surface area contributed by atoms with Crippen LogP contribution in [0.25, 0.3) is 0 Å². The molecule has 8 nitrogen and oxygen atoms in total. The maximum Gasteiger partial charge on any atom is 0.311 e. The molecule has 0 bridgehead atoms. The van der Waals surface area contributed by atoms with Crippen molar-refractivity contribution in [1.82, 2.24) is 10.6 Å². The highest BCUT2D eigenvalue weighted by molar-refractivity contribution is 6.00. The zero-order valence-corrected chi connectivity index (χ0v) is 18.1. The number of rotatable bonds is 9. The molecule has 30 heavy (non-hydrogen) atoms. The van der Waals surface area contributed by atoms with Crippen LogP contribution in [0.15, 0.2) is 24.3 Å². The van der Waals surface area contributed by atoms with Gasteiger partial charge in [-0.25, -0.2) is 0 Å². The molecule has 1 aromatic carbocycles. The summed E-state index contributed by atoms with van der Waals surface area (Å²) < 4.78 is 5.07. The molecule has 0 saturated carbocycles. The predicted octanol–water partition coefficient (Wildman–Crippen LogP) is 1.74. The molecule has 164 valence electrons. The zero-order valence-electron chi connectivity index (χ0n) is 18.1. The van der Waals surface area contributed by atoms with Crippen LogP contribution in [0.1, 0.15) is 52.0 Å². The van der Waals surface area contributed by atoms with Crippen molar-refractivity contribution in [2.45, 2.75) is 52.5 Å². The first kappa shape index (κ1) is 23.4. The fourth-order valence-corrected chi connectivity index (χ4v) is 3.33. The van der Waals surface area contributed by atoms with Crippen molar-refractivity contribution in [3.63, 3.8) is 0 Å². The number of esters is 1. The Kier molecular flexibility index (Phi) is 8.38. The summed E-state index contributed by atoms with van der Waals surface area (Å²) in [5.41, 5.74) is 1.89. The standard InChI is InChI=1S/C22H31N3O5/c1-5-15(4)17-8-6-7-9-18(17)25-12-16(10-21(25)28)22(29)30-13-20(27)23-11-19(26)24-14(2)3/h6-9,14-16H,5,10-13H2,1-4H3,(H,23,27)(H,24,26)/t15-,16+/m0/s1. The second kappa shape index (κ2) is 10.8. The third kappa shape index (κ3) is 6.30. The number of benzene rings is 1. The van der Waals surface area contributed by atoms with Gasteiger partial charge in [0.2, 0.25) is 11.8 Å². The van der Waals surface area contributed by atoms with Gasteiger partial charge in [-0.3, -0.25) is 19.2 Å². The molecule has 0 unspecified atom stereocenters. The molecule has 2 rings (SSSR count). The second-order valence-corrected chi connectivity index (χ2v) is 7.88. The predicted molar refractivity (Wildman–Crippen MR) is 113 cm³/mol. The summed E-state index contributed by atoms with van der Waals surface area (Å²) >= 11 is 0. The smallest absolute Gasteiger partial charge is 0.311 e. The van der Waals surface area contributed by atoms with E-state index in [1.807, 2.05) is 38.1 Å². The number of hydrogen-bond donors (Lipinski definition) is 2. The van der Waals surface area contributed by atoms with E-state index in [-0.39, 0.29) is 43.3 Å². The quantitative estimate of drug-likeness (QED) is 0.596. The van der Waals surface area contributed by atoms with E-state index >= 15 is 0 Å². The number of nitrogens with one attached hydrogen (secondary N) is 2. The van der Waals surface area contributed by atoms with Crippen molar-refractivity contribution in [2.75, 3.05) is 24.6 Å². The molecule has 1 saturated heterocycles. The molecule has 1 aliphatic heterocycles. The van der Waals surface area contributed by atoms with Gasteiger partial charge in [-0.1, -0.05) is 32.0 Å². The van der Waals surface area contributed by atoms with E-state index in [0.29, 0.717) is 0 Å². The number of para-hydroxylation sites is 1. The molecular formula is C22H31N3O5. The Morgan fingerprint density at radius 3 is 2.53 bits per heavy atom. The summed E-state index contributed by atoms with van der Waals surface area (Å²) in [5.74, 6) is -1.94. The monoisotopic (exact) mass is 417 g/mol. The van der Waals surface area contributed by atoms with Crippen molar-refractivity contribution in [3.8, 4) is 0 Å². The van der Waals surface area contributed by atoms with Crippen molar-refractivity contribution >= 4 is 29.4 Å². The van der Waals surface area contributed by atoms with Crippen molar-refractivity contribution < 1.29 is 23.9 Å². The molecule has 1 heterocycles. The van der Waals surface area contributed by atoms with Crippen LogP contribution in [-0.2, 0) is 23.9 Å². The lowest BCUT2D eigenvalue weighted by Gasteiger charge is -2.23. The third-order valence-corrected chi connectivity index (χ3v) is 5.07. The topological polar surface area (TPSA) is 105 Å². The van der Waals surface area contributed by atoms with Gasteiger partial charge >= 0.3 is 5.97 Å². The fourth-order valence-electron chi connectivity index (χ4n) is 3.33. The normalized spacial score (nSPS) is 17.0. The summed E-state index contributed by atoms with van der Waals surface area (Å²) in [5, 5.41) is 5.04. The number of ether oxygens (including phenoxy) is 1. The molecule has 2 atom stereocenters. The van der Waals surface area contributed by atoms with E-state index < -0.39 is 24.4 Å². The van der Waals surface area contributed by atoms with Crippen LogP contribution in [0.4, 0.5) is 5.69 Å². The summed E-state index contributed by atoms with van der Waals surface area (Å²) in [4.78, 5) is 49.9. The molecular weight excluding hydrogens is 386 g/mol. The minimum absolute atomic E-state index is 0.0273. The highest BCUT2D eigenvalue weighted by Gasteiger charge is 2.37. The van der Waals surface area contributed by atoms with E-state index in [1.165, 1.54) is 0 Å². The van der Waals surface area contributed by atoms with E-state index in [4.69, 9.17) is 4.74 Å². The molecule has 0 aliphatic carbocycles. The number of anilines is 1. The Morgan fingerprint density at radius 1 is 1.17 bits per heavy atom. The van der Waals surface area contributed by atoms with E-state index in [9.17, 15) is 19.2 Å². The Balaban J connectivity index is 1.89. The molecule has 0 radical (unpaired) electrons. The lowest BCUT2D eigenvalue weighted by atomic mass is 9.96. The van der Waals surface area contributed by atoms with Gasteiger partial charge in [-0.15, -0.1) is 0 Å². The number of amides is 3. The van der Waals surface area contributed by atoms with Crippen LogP contribution in [0.5, 0.6) is 0 Å². The van der Waals surface area contributed by atoms with Gasteiger partial charge in [-0.2, -0.15) is 0 Å². The van der Waals surface area contributed by atoms with Crippen molar-refractivity contribution in [2.24, 2.45) is 5.92 Å². The minimum atomic E-state index is -0.625. The maximum atomic E-state index is 12.6. The van der Waals surface area contributed by atoms with Crippen LogP contribution in [0, 0.1) is 5.92 Å². The molecule has 1 aromatic rings. The molecule has 1 fully saturated rings. The SMILES string of the molecule is CC[C@H](C)c1ccccc1N1C[C@H](C(=O)OCC(=O)NCC(=O)NC(C)C)CC1=O. The lowest BCUT2D eigenvalue weighted by molar-refractivity contribution is -0.152. The number of nitrogens with zero attached hydrogens (tertiary/aromatic N) is 1. The van der Waals surface area contributed by atoms with Gasteiger partial charge in [0.1, 0.15) is 0 Å². The molecule has 2 N–H and O–H groups in total. The van der Waals surface area contributed by atoms with Gasteiger partial charge in [-0.05, 0) is 37.8 Å². The molecule has 3 amide bonds. The van der Waals surface area contributed by atoms with Gasteiger partial charge in [0.15, 0.2) is 6.61 Å². The lowest BCUT2D eigenvalue weighted by Crippen LogP contribution is -2.41. The van der Waals surface area contributed by atoms with Crippen LogP contribution in [0.2, 0.25) is 0 Å². The Hall–Kier alpha value is -2.90. The average molecular weight is 418 g/mol. The van der Waals surface area contributed by atoms with Crippen molar-refractivity contribution in [1.29, 1.82) is 0 Å². The number of hydrogen-bond acceptors (Lipinski definition) is 5. The Bertz CT molecular complexity index is 793. The highest BCUT2D eigenvalue weighted by atomic mass is 16.5. The number of carbonyl (C=O) groups excluding carboxylic acids is 4. The largest absolute Gasteiger partial charge is 0.455 e. The zero-order chi connectivity index (χ0) is 22.3. The maximum absolute atomic E-state index is 12.6. The first-order chi connectivity index (χ1) is 14.2. The van der Waals surface area contributed by atoms with Crippen LogP contribution in [-0.4, -0.2) is 49.4 Å². The highest BCUT2D eigenvalue weighted by Crippen LogP contribution is 2.33. The summed E-state index contributed by atoms with van der Waals surface area (Å²) in [6.07, 6.45) is 0.987. The second-order valence-electron chi connectivity index (χ2n) is 7.88. The molecule has 1 aliphatic rings. The van der Waals surface area contributed by atoms with E-state index in [0.717, 1.165) is 17.7 Å². The summed E-state index contributed by atoms with van der Waals surface area (Å²) in [6, 6.07) is 7.68. The average Bonchev–Trinajstić information content (AvgIpc) is 3.11. The summed E-state index contributed by atoms with van der Waals surface area (Å²) in [7, 11) is 0. The molecule has 8 heteroatoms. The van der Waals surface area contributed by atoms with E-state index in [2.05, 4.69) is 24.5 Å². The van der Waals surface area contributed by atoms with Gasteiger partial charge in [0, 0.05) is 24.7 Å². The first-order valence-electron chi connectivity index (χ1n) is 10.3.